The number of carbonyl (C=O) groups is 2. The van der Waals surface area contributed by atoms with Crippen molar-refractivity contribution in [1.82, 2.24) is 10.2 Å². The van der Waals surface area contributed by atoms with Gasteiger partial charge < -0.3 is 15.0 Å². The van der Waals surface area contributed by atoms with Crippen molar-refractivity contribution in [2.24, 2.45) is 0 Å². The van der Waals surface area contributed by atoms with E-state index in [1.165, 1.54) is 25.1 Å². The first-order chi connectivity index (χ1) is 17.6. The van der Waals surface area contributed by atoms with E-state index in [-0.39, 0.29) is 24.6 Å². The van der Waals surface area contributed by atoms with Gasteiger partial charge in [-0.3, -0.25) is 13.9 Å². The molecular weight excluding hydrogens is 514 g/mol. The second-order valence-electron chi connectivity index (χ2n) is 8.44. The summed E-state index contributed by atoms with van der Waals surface area (Å²) < 4.78 is 31.8. The number of sulfonamides is 1. The molecule has 0 aliphatic heterocycles. The van der Waals surface area contributed by atoms with Crippen LogP contribution in [-0.4, -0.2) is 58.1 Å². The molecule has 3 aromatic carbocycles. The average Bonchev–Trinajstić information content (AvgIpc) is 2.89. The second kappa shape index (κ2) is 12.6. The number of benzene rings is 3. The topological polar surface area (TPSA) is 96.0 Å². The first-order valence-electron chi connectivity index (χ1n) is 11.5. The van der Waals surface area contributed by atoms with Crippen LogP contribution in [0.15, 0.2) is 78.9 Å². The molecule has 1 atom stereocenters. The van der Waals surface area contributed by atoms with Crippen molar-refractivity contribution in [2.75, 3.05) is 31.3 Å². The van der Waals surface area contributed by atoms with Crippen LogP contribution < -0.4 is 14.4 Å². The van der Waals surface area contributed by atoms with Gasteiger partial charge in [0.25, 0.3) is 0 Å². The monoisotopic (exact) mass is 543 g/mol. The first kappa shape index (κ1) is 28.0. The Morgan fingerprint density at radius 2 is 1.65 bits per heavy atom. The Kier molecular flexibility index (Phi) is 9.54. The summed E-state index contributed by atoms with van der Waals surface area (Å²) in [6.45, 7) is -0.418. The molecule has 3 aromatic rings. The second-order valence-corrected chi connectivity index (χ2v) is 10.8. The van der Waals surface area contributed by atoms with E-state index in [1.807, 2.05) is 30.3 Å². The SMILES string of the molecule is CNC(=O)C(Cc1ccccc1)N(Cc1ccc(Cl)cc1)C(=O)CN(c1cccc(OC)c1)S(C)(=O)=O. The molecule has 10 heteroatoms. The largest absolute Gasteiger partial charge is 0.497 e. The quantitative estimate of drug-likeness (QED) is 0.399. The molecule has 0 aliphatic rings. The summed E-state index contributed by atoms with van der Waals surface area (Å²) in [5, 5.41) is 3.18. The number of carbonyl (C=O) groups excluding carboxylic acids is 2. The standard InChI is InChI=1S/C27H30ClN3O5S/c1-29-27(33)25(16-20-8-5-4-6-9-20)30(18-21-12-14-22(28)15-13-21)26(32)19-31(37(3,34)35)23-10-7-11-24(17-23)36-2/h4-15,17,25H,16,18-19H2,1-3H3,(H,29,33). The van der Waals surface area contributed by atoms with Gasteiger partial charge in [-0.1, -0.05) is 60.1 Å². The minimum atomic E-state index is -3.85. The van der Waals surface area contributed by atoms with Gasteiger partial charge in [-0.25, -0.2) is 8.42 Å². The molecule has 8 nitrogen and oxygen atoms in total. The summed E-state index contributed by atoms with van der Waals surface area (Å²) in [7, 11) is -0.871. The van der Waals surface area contributed by atoms with Gasteiger partial charge >= 0.3 is 0 Å². The zero-order chi connectivity index (χ0) is 27.0. The molecule has 0 fully saturated rings. The van der Waals surface area contributed by atoms with E-state index in [0.717, 1.165) is 21.7 Å². The highest BCUT2D eigenvalue weighted by Gasteiger charge is 2.32. The van der Waals surface area contributed by atoms with Crippen LogP contribution in [0.5, 0.6) is 5.75 Å². The summed E-state index contributed by atoms with van der Waals surface area (Å²) in [4.78, 5) is 28.3. The highest BCUT2D eigenvalue weighted by Crippen LogP contribution is 2.24. The third-order valence-corrected chi connectivity index (χ3v) is 7.20. The zero-order valence-electron chi connectivity index (χ0n) is 20.9. The van der Waals surface area contributed by atoms with Gasteiger partial charge in [0.05, 0.1) is 19.1 Å². The van der Waals surface area contributed by atoms with E-state index < -0.39 is 28.5 Å². The fourth-order valence-corrected chi connectivity index (χ4v) is 4.85. The van der Waals surface area contributed by atoms with Crippen LogP contribution in [0.2, 0.25) is 5.02 Å². The van der Waals surface area contributed by atoms with E-state index in [1.54, 1.807) is 42.5 Å². The molecule has 0 radical (unpaired) electrons. The van der Waals surface area contributed by atoms with Gasteiger partial charge in [0.15, 0.2) is 0 Å². The summed E-state index contributed by atoms with van der Waals surface area (Å²) in [5.41, 5.74) is 1.88. The normalized spacial score (nSPS) is 11.9. The van der Waals surface area contributed by atoms with E-state index in [2.05, 4.69) is 5.32 Å². The Morgan fingerprint density at radius 3 is 2.24 bits per heavy atom. The highest BCUT2D eigenvalue weighted by molar-refractivity contribution is 7.92. The smallest absolute Gasteiger partial charge is 0.244 e. The van der Waals surface area contributed by atoms with Crippen molar-refractivity contribution in [1.29, 1.82) is 0 Å². The molecule has 0 heterocycles. The van der Waals surface area contributed by atoms with Crippen LogP contribution in [-0.2, 0) is 32.6 Å². The van der Waals surface area contributed by atoms with Crippen molar-refractivity contribution in [2.45, 2.75) is 19.0 Å². The van der Waals surface area contributed by atoms with Gasteiger partial charge in [-0.15, -0.1) is 0 Å². The van der Waals surface area contributed by atoms with E-state index >= 15 is 0 Å². The predicted molar refractivity (Wildman–Crippen MR) is 145 cm³/mol. The number of hydrogen-bond acceptors (Lipinski definition) is 5. The van der Waals surface area contributed by atoms with E-state index in [4.69, 9.17) is 16.3 Å². The van der Waals surface area contributed by atoms with Crippen molar-refractivity contribution >= 4 is 39.1 Å². The molecule has 3 rings (SSSR count). The fraction of sp³-hybridized carbons (Fsp3) is 0.259. The number of anilines is 1. The van der Waals surface area contributed by atoms with Crippen LogP contribution in [0.4, 0.5) is 5.69 Å². The number of likely N-dealkylation sites (N-methyl/N-ethyl adjacent to an activating group) is 1. The minimum absolute atomic E-state index is 0.0800. The molecule has 37 heavy (non-hydrogen) atoms. The van der Waals surface area contributed by atoms with Crippen LogP contribution >= 0.6 is 11.6 Å². The minimum Gasteiger partial charge on any atom is -0.497 e. The lowest BCUT2D eigenvalue weighted by molar-refractivity contribution is -0.139. The molecule has 0 saturated heterocycles. The first-order valence-corrected chi connectivity index (χ1v) is 13.8. The average molecular weight is 544 g/mol. The van der Waals surface area contributed by atoms with Gasteiger partial charge in [-0.05, 0) is 35.4 Å². The molecule has 0 aliphatic carbocycles. The highest BCUT2D eigenvalue weighted by atomic mass is 35.5. The molecule has 2 amide bonds. The van der Waals surface area contributed by atoms with Crippen LogP contribution in [0.3, 0.4) is 0 Å². The number of methoxy groups -OCH3 is 1. The van der Waals surface area contributed by atoms with Crippen LogP contribution in [0, 0.1) is 0 Å². The number of nitrogens with one attached hydrogen (secondary N) is 1. The lowest BCUT2D eigenvalue weighted by Crippen LogP contribution is -2.52. The molecule has 0 bridgehead atoms. The van der Waals surface area contributed by atoms with Gasteiger partial charge in [0, 0.05) is 31.1 Å². The van der Waals surface area contributed by atoms with Crippen LogP contribution in [0.25, 0.3) is 0 Å². The molecule has 0 saturated carbocycles. The number of halogens is 1. The number of amides is 2. The molecule has 0 aromatic heterocycles. The number of ether oxygens (including phenoxy) is 1. The summed E-state index contributed by atoms with van der Waals surface area (Å²) in [5.74, 6) is -0.449. The third kappa shape index (κ3) is 7.71. The van der Waals surface area contributed by atoms with Gasteiger partial charge in [0.2, 0.25) is 21.8 Å². The molecule has 1 unspecified atom stereocenters. The number of rotatable bonds is 11. The maximum absolute atomic E-state index is 13.8. The maximum Gasteiger partial charge on any atom is 0.244 e. The molecule has 0 spiro atoms. The van der Waals surface area contributed by atoms with Crippen molar-refractivity contribution < 1.29 is 22.7 Å². The maximum atomic E-state index is 13.8. The van der Waals surface area contributed by atoms with E-state index in [9.17, 15) is 18.0 Å². The number of nitrogens with zero attached hydrogens (tertiary/aromatic N) is 2. The molecule has 1 N–H and O–H groups in total. The fourth-order valence-electron chi connectivity index (χ4n) is 3.89. The molecular formula is C27H30ClN3O5S. The summed E-state index contributed by atoms with van der Waals surface area (Å²) >= 11 is 6.04. The Bertz CT molecular complexity index is 1320. The summed E-state index contributed by atoms with van der Waals surface area (Å²) in [6.07, 6.45) is 1.28. The predicted octanol–water partition coefficient (Wildman–Crippen LogP) is 3.50. The van der Waals surface area contributed by atoms with Gasteiger partial charge in [0.1, 0.15) is 18.3 Å². The molecule has 196 valence electrons. The lowest BCUT2D eigenvalue weighted by Gasteiger charge is -2.33. The van der Waals surface area contributed by atoms with Crippen LogP contribution in [0.1, 0.15) is 11.1 Å². The van der Waals surface area contributed by atoms with E-state index in [0.29, 0.717) is 10.8 Å². The van der Waals surface area contributed by atoms with Crippen molar-refractivity contribution in [3.05, 3.63) is 95.0 Å². The summed E-state index contributed by atoms with van der Waals surface area (Å²) in [6, 6.07) is 21.8. The Hall–Kier alpha value is -3.56. The Labute approximate surface area is 222 Å². The zero-order valence-corrected chi connectivity index (χ0v) is 22.5. The third-order valence-electron chi connectivity index (χ3n) is 5.80. The van der Waals surface area contributed by atoms with Gasteiger partial charge in [-0.2, -0.15) is 0 Å². The lowest BCUT2D eigenvalue weighted by atomic mass is 10.0. The van der Waals surface area contributed by atoms with Crippen molar-refractivity contribution in [3.63, 3.8) is 0 Å². The Balaban J connectivity index is 2.02. The Morgan fingerprint density at radius 1 is 0.973 bits per heavy atom. The number of hydrogen-bond donors (Lipinski definition) is 1. The van der Waals surface area contributed by atoms with Crippen molar-refractivity contribution in [3.8, 4) is 5.75 Å².